The Hall–Kier alpha value is -2.30. The van der Waals surface area contributed by atoms with Gasteiger partial charge in [0.15, 0.2) is 0 Å². The van der Waals surface area contributed by atoms with Crippen LogP contribution in [0.1, 0.15) is 28.9 Å². The number of nitrogens with zero attached hydrogens (tertiary/aromatic N) is 1. The van der Waals surface area contributed by atoms with Gasteiger partial charge in [0.1, 0.15) is 0 Å². The van der Waals surface area contributed by atoms with Crippen molar-refractivity contribution in [2.75, 3.05) is 5.32 Å². The number of anilines is 1. The van der Waals surface area contributed by atoms with Crippen LogP contribution in [0.5, 0.6) is 0 Å². The molecule has 0 saturated heterocycles. The number of nitrogens with one attached hydrogen (secondary N) is 1. The molecule has 2 rings (SSSR count). The Morgan fingerprint density at radius 1 is 1.39 bits per heavy atom. The van der Waals surface area contributed by atoms with Crippen molar-refractivity contribution in [3.63, 3.8) is 0 Å². The first-order valence-electron chi connectivity index (χ1n) is 5.70. The molecule has 0 radical (unpaired) electrons. The van der Waals surface area contributed by atoms with E-state index in [1.807, 2.05) is 24.3 Å². The van der Waals surface area contributed by atoms with Gasteiger partial charge in [0, 0.05) is 5.69 Å². The molecule has 2 aromatic rings. The van der Waals surface area contributed by atoms with E-state index < -0.39 is 5.97 Å². The normalized spacial score (nSPS) is 10.3. The first kappa shape index (κ1) is 12.2. The second-order valence-corrected chi connectivity index (χ2v) is 3.83. The van der Waals surface area contributed by atoms with Crippen LogP contribution >= 0.6 is 0 Å². The predicted octanol–water partition coefficient (Wildman–Crippen LogP) is 2.55. The lowest BCUT2D eigenvalue weighted by Crippen LogP contribution is -1.99. The van der Waals surface area contributed by atoms with Gasteiger partial charge in [-0.1, -0.05) is 19.1 Å². The molecule has 0 atom stereocenters. The Morgan fingerprint density at radius 2 is 2.11 bits per heavy atom. The highest BCUT2D eigenvalue weighted by atomic mass is 16.4. The zero-order valence-electron chi connectivity index (χ0n) is 10.0. The number of aryl methyl sites for hydroxylation is 1. The Kier molecular flexibility index (Phi) is 3.62. The third-order valence-electron chi connectivity index (χ3n) is 2.57. The molecule has 1 aromatic heterocycles. The Balaban J connectivity index is 1.95. The molecule has 0 unspecified atom stereocenters. The summed E-state index contributed by atoms with van der Waals surface area (Å²) in [5.74, 6) is -0.902. The summed E-state index contributed by atoms with van der Waals surface area (Å²) in [6.07, 6.45) is 2.21. The van der Waals surface area contributed by atoms with Gasteiger partial charge in [-0.05, 0) is 24.1 Å². The molecular weight excluding hydrogens is 232 g/mol. The Bertz CT molecular complexity index is 531. The van der Waals surface area contributed by atoms with Crippen molar-refractivity contribution in [2.45, 2.75) is 19.9 Å². The van der Waals surface area contributed by atoms with Crippen molar-refractivity contribution >= 4 is 11.7 Å². The second-order valence-electron chi connectivity index (χ2n) is 3.83. The first-order valence-corrected chi connectivity index (χ1v) is 5.70. The van der Waals surface area contributed by atoms with E-state index in [0.29, 0.717) is 12.4 Å². The maximum atomic E-state index is 10.6. The molecule has 1 heterocycles. The van der Waals surface area contributed by atoms with Gasteiger partial charge in [-0.25, -0.2) is 9.78 Å². The minimum atomic E-state index is -1.11. The minimum Gasteiger partial charge on any atom is -0.475 e. The van der Waals surface area contributed by atoms with Gasteiger partial charge in [-0.15, -0.1) is 0 Å². The largest absolute Gasteiger partial charge is 0.475 e. The quantitative estimate of drug-likeness (QED) is 0.847. The van der Waals surface area contributed by atoms with Crippen LogP contribution in [0.4, 0.5) is 5.69 Å². The van der Waals surface area contributed by atoms with Crippen molar-refractivity contribution in [3.05, 3.63) is 47.7 Å². The van der Waals surface area contributed by atoms with Gasteiger partial charge >= 0.3 is 5.97 Å². The monoisotopic (exact) mass is 246 g/mol. The van der Waals surface area contributed by atoms with Gasteiger partial charge < -0.3 is 14.8 Å². The number of aromatic nitrogens is 1. The van der Waals surface area contributed by atoms with E-state index >= 15 is 0 Å². The molecule has 0 bridgehead atoms. The summed E-state index contributed by atoms with van der Waals surface area (Å²) in [7, 11) is 0. The third kappa shape index (κ3) is 2.88. The van der Waals surface area contributed by atoms with Gasteiger partial charge in [0.05, 0.1) is 12.7 Å². The molecule has 0 aliphatic carbocycles. The topological polar surface area (TPSA) is 75.4 Å². The minimum absolute atomic E-state index is 0.145. The van der Waals surface area contributed by atoms with Gasteiger partial charge in [0.25, 0.3) is 0 Å². The summed E-state index contributed by atoms with van der Waals surface area (Å²) < 4.78 is 5.04. The fourth-order valence-electron chi connectivity index (χ4n) is 1.53. The molecule has 0 aliphatic heterocycles. The fourth-order valence-corrected chi connectivity index (χ4v) is 1.53. The van der Waals surface area contributed by atoms with Crippen LogP contribution < -0.4 is 5.32 Å². The van der Waals surface area contributed by atoms with Crippen molar-refractivity contribution in [3.8, 4) is 0 Å². The van der Waals surface area contributed by atoms with Gasteiger partial charge in [0.2, 0.25) is 11.7 Å². The summed E-state index contributed by atoms with van der Waals surface area (Å²) in [6.45, 7) is 2.46. The Labute approximate surface area is 104 Å². The number of carboxylic acids is 1. The molecular formula is C13H14N2O3. The van der Waals surface area contributed by atoms with Crippen LogP contribution in [-0.2, 0) is 13.0 Å². The second kappa shape index (κ2) is 5.35. The summed E-state index contributed by atoms with van der Waals surface area (Å²) in [5.41, 5.74) is 2.21. The van der Waals surface area contributed by atoms with Crippen LogP contribution in [0.25, 0.3) is 0 Å². The number of hydrogen-bond acceptors (Lipinski definition) is 4. The van der Waals surface area contributed by atoms with Gasteiger partial charge in [-0.2, -0.15) is 0 Å². The molecule has 5 nitrogen and oxygen atoms in total. The van der Waals surface area contributed by atoms with Crippen molar-refractivity contribution in [1.82, 2.24) is 4.98 Å². The van der Waals surface area contributed by atoms with Crippen LogP contribution in [0.15, 0.2) is 34.9 Å². The lowest BCUT2D eigenvalue weighted by molar-refractivity contribution is 0.0660. The molecule has 2 N–H and O–H groups in total. The number of carboxylic acid groups (broad SMARTS) is 1. The van der Waals surface area contributed by atoms with Crippen molar-refractivity contribution in [2.24, 2.45) is 0 Å². The van der Waals surface area contributed by atoms with Crippen LogP contribution in [0.2, 0.25) is 0 Å². The molecule has 18 heavy (non-hydrogen) atoms. The maximum Gasteiger partial charge on any atom is 0.373 e. The number of hydrogen-bond donors (Lipinski definition) is 2. The van der Waals surface area contributed by atoms with Crippen LogP contribution in [-0.4, -0.2) is 16.1 Å². The number of oxazole rings is 1. The third-order valence-corrected chi connectivity index (χ3v) is 2.57. The predicted molar refractivity (Wildman–Crippen MR) is 66.6 cm³/mol. The van der Waals surface area contributed by atoms with E-state index in [0.717, 1.165) is 12.1 Å². The lowest BCUT2D eigenvalue weighted by atomic mass is 10.1. The molecule has 0 amide bonds. The SMILES string of the molecule is CCc1ccc(NCc2ncc(C(=O)O)o2)cc1. The van der Waals surface area contributed by atoms with E-state index in [9.17, 15) is 4.79 Å². The number of rotatable bonds is 5. The average molecular weight is 246 g/mol. The molecule has 94 valence electrons. The van der Waals surface area contributed by atoms with E-state index in [1.165, 1.54) is 11.8 Å². The van der Waals surface area contributed by atoms with Gasteiger partial charge in [-0.3, -0.25) is 0 Å². The molecule has 0 spiro atoms. The number of benzene rings is 1. The smallest absolute Gasteiger partial charge is 0.373 e. The zero-order valence-corrected chi connectivity index (χ0v) is 10.0. The molecule has 5 heteroatoms. The standard InChI is InChI=1S/C13H14N2O3/c1-2-9-3-5-10(6-4-9)14-8-12-15-7-11(18-12)13(16)17/h3-7,14H,2,8H2,1H3,(H,16,17). The molecule has 0 aliphatic rings. The van der Waals surface area contributed by atoms with E-state index in [-0.39, 0.29) is 5.76 Å². The highest BCUT2D eigenvalue weighted by Gasteiger charge is 2.09. The van der Waals surface area contributed by atoms with E-state index in [4.69, 9.17) is 9.52 Å². The van der Waals surface area contributed by atoms with Crippen LogP contribution in [0, 0.1) is 0 Å². The summed E-state index contributed by atoms with van der Waals surface area (Å²) in [5, 5.41) is 11.8. The number of aromatic carboxylic acids is 1. The summed E-state index contributed by atoms with van der Waals surface area (Å²) >= 11 is 0. The number of carbonyl (C=O) groups is 1. The molecule has 0 saturated carbocycles. The van der Waals surface area contributed by atoms with Crippen molar-refractivity contribution < 1.29 is 14.3 Å². The summed E-state index contributed by atoms with van der Waals surface area (Å²) in [4.78, 5) is 14.5. The van der Waals surface area contributed by atoms with Crippen LogP contribution in [0.3, 0.4) is 0 Å². The first-order chi connectivity index (χ1) is 8.69. The average Bonchev–Trinajstić information content (AvgIpc) is 2.86. The molecule has 1 aromatic carbocycles. The molecule has 0 fully saturated rings. The fraction of sp³-hybridized carbons (Fsp3) is 0.231. The highest BCUT2D eigenvalue weighted by molar-refractivity contribution is 5.83. The maximum absolute atomic E-state index is 10.6. The summed E-state index contributed by atoms with van der Waals surface area (Å²) in [6, 6.07) is 8.03. The van der Waals surface area contributed by atoms with E-state index in [1.54, 1.807) is 0 Å². The zero-order chi connectivity index (χ0) is 13.0. The van der Waals surface area contributed by atoms with Crippen molar-refractivity contribution in [1.29, 1.82) is 0 Å². The lowest BCUT2D eigenvalue weighted by Gasteiger charge is -2.04. The highest BCUT2D eigenvalue weighted by Crippen LogP contribution is 2.12. The Morgan fingerprint density at radius 3 is 2.67 bits per heavy atom. The van der Waals surface area contributed by atoms with E-state index in [2.05, 4.69) is 17.2 Å².